The van der Waals surface area contributed by atoms with E-state index >= 15 is 0 Å². The molecule has 1 atom stereocenters. The van der Waals surface area contributed by atoms with Gasteiger partial charge in [-0.05, 0) is 24.6 Å². The van der Waals surface area contributed by atoms with Crippen LogP contribution in [0.2, 0.25) is 0 Å². The highest BCUT2D eigenvalue weighted by molar-refractivity contribution is 5.56. The Morgan fingerprint density at radius 2 is 2.19 bits per heavy atom. The van der Waals surface area contributed by atoms with E-state index in [-0.39, 0.29) is 6.04 Å². The zero-order valence-electron chi connectivity index (χ0n) is 14.7. The summed E-state index contributed by atoms with van der Waals surface area (Å²) in [5.74, 6) is 0.793. The van der Waals surface area contributed by atoms with Gasteiger partial charge in [0.1, 0.15) is 5.69 Å². The lowest BCUT2D eigenvalue weighted by Crippen LogP contribution is -2.17. The topological polar surface area (TPSA) is 73.7 Å². The second kappa shape index (κ2) is 6.97. The molecule has 0 aliphatic carbocycles. The highest BCUT2D eigenvalue weighted by atomic mass is 16.5. The molecule has 3 heterocycles. The molecule has 0 bridgehead atoms. The first kappa shape index (κ1) is 16.3. The van der Waals surface area contributed by atoms with E-state index in [0.717, 1.165) is 22.7 Å². The van der Waals surface area contributed by atoms with Crippen molar-refractivity contribution in [1.82, 2.24) is 29.8 Å². The van der Waals surface area contributed by atoms with Crippen LogP contribution in [-0.4, -0.2) is 24.5 Å². The molecule has 1 N–H and O–H groups in total. The van der Waals surface area contributed by atoms with Crippen LogP contribution < -0.4 is 5.32 Å². The van der Waals surface area contributed by atoms with Crippen LogP contribution in [0.25, 0.3) is 16.9 Å². The molecule has 0 amide bonds. The number of rotatable bonds is 6. The maximum atomic E-state index is 5.44. The Balaban J connectivity index is 1.42. The number of benzene rings is 1. The van der Waals surface area contributed by atoms with Crippen LogP contribution in [0.5, 0.6) is 0 Å². The lowest BCUT2D eigenvalue weighted by atomic mass is 10.1. The van der Waals surface area contributed by atoms with Gasteiger partial charge in [0, 0.05) is 49.0 Å². The third-order valence-corrected chi connectivity index (χ3v) is 4.31. The van der Waals surface area contributed by atoms with Crippen LogP contribution in [0.15, 0.2) is 66.0 Å². The van der Waals surface area contributed by atoms with Crippen molar-refractivity contribution in [3.63, 3.8) is 0 Å². The average Bonchev–Trinajstić information content (AvgIpc) is 3.41. The largest absolute Gasteiger partial charge is 0.359 e. The van der Waals surface area contributed by atoms with Gasteiger partial charge in [-0.25, -0.2) is 4.98 Å². The monoisotopic (exact) mass is 348 g/mol. The molecule has 0 radical (unpaired) electrons. The summed E-state index contributed by atoms with van der Waals surface area (Å²) in [5, 5.41) is 11.8. The molecule has 0 fully saturated rings. The van der Waals surface area contributed by atoms with Gasteiger partial charge >= 0.3 is 0 Å². The molecule has 0 aliphatic heterocycles. The van der Waals surface area contributed by atoms with Crippen molar-refractivity contribution in [3.05, 3.63) is 72.8 Å². The zero-order valence-corrected chi connectivity index (χ0v) is 14.7. The predicted octanol–water partition coefficient (Wildman–Crippen LogP) is 3.11. The Kier molecular flexibility index (Phi) is 4.37. The standard InChI is InChI=1S/C19H20N6O/c1-14(15-4-3-5-17(8-15)25-7-6-20-13-25)21-11-18-9-19(23-26-18)16-10-22-24(2)12-16/h3-10,12-14,21H,11H2,1-2H3. The van der Waals surface area contributed by atoms with E-state index in [9.17, 15) is 0 Å². The first-order valence-electron chi connectivity index (χ1n) is 8.45. The number of nitrogens with one attached hydrogen (secondary N) is 1. The third kappa shape index (κ3) is 3.43. The van der Waals surface area contributed by atoms with E-state index < -0.39 is 0 Å². The van der Waals surface area contributed by atoms with Gasteiger partial charge in [0.25, 0.3) is 0 Å². The lowest BCUT2D eigenvalue weighted by Gasteiger charge is -2.14. The second-order valence-electron chi connectivity index (χ2n) is 6.25. The van der Waals surface area contributed by atoms with Crippen LogP contribution in [0.4, 0.5) is 0 Å². The minimum Gasteiger partial charge on any atom is -0.359 e. The molecule has 1 unspecified atom stereocenters. The smallest absolute Gasteiger partial charge is 0.151 e. The Bertz CT molecular complexity index is 985. The van der Waals surface area contributed by atoms with Gasteiger partial charge in [-0.3, -0.25) is 4.68 Å². The number of hydrogen-bond acceptors (Lipinski definition) is 5. The SMILES string of the molecule is CC(NCc1cc(-c2cnn(C)c2)no1)c1cccc(-n2ccnc2)c1. The maximum absolute atomic E-state index is 5.44. The summed E-state index contributed by atoms with van der Waals surface area (Å²) in [7, 11) is 1.88. The number of imidazole rings is 1. The van der Waals surface area contributed by atoms with E-state index in [1.165, 1.54) is 5.56 Å². The fraction of sp³-hybridized carbons (Fsp3) is 0.211. The van der Waals surface area contributed by atoms with Gasteiger partial charge in [-0.2, -0.15) is 5.10 Å². The van der Waals surface area contributed by atoms with Crippen molar-refractivity contribution in [2.45, 2.75) is 19.5 Å². The van der Waals surface area contributed by atoms with Crippen molar-refractivity contribution >= 4 is 0 Å². The molecule has 3 aromatic heterocycles. The number of nitrogens with zero attached hydrogens (tertiary/aromatic N) is 5. The summed E-state index contributed by atoms with van der Waals surface area (Å²) in [5.41, 5.74) is 4.03. The van der Waals surface area contributed by atoms with E-state index in [0.29, 0.717) is 6.54 Å². The highest BCUT2D eigenvalue weighted by Crippen LogP contribution is 2.20. The van der Waals surface area contributed by atoms with E-state index in [1.807, 2.05) is 30.1 Å². The highest BCUT2D eigenvalue weighted by Gasteiger charge is 2.11. The van der Waals surface area contributed by atoms with Crippen LogP contribution in [0.3, 0.4) is 0 Å². The normalized spacial score (nSPS) is 12.4. The number of hydrogen-bond donors (Lipinski definition) is 1. The minimum atomic E-state index is 0.172. The lowest BCUT2D eigenvalue weighted by molar-refractivity contribution is 0.368. The Morgan fingerprint density at radius 1 is 1.27 bits per heavy atom. The molecule has 7 nitrogen and oxygen atoms in total. The molecule has 26 heavy (non-hydrogen) atoms. The minimum absolute atomic E-state index is 0.172. The molecule has 4 aromatic rings. The van der Waals surface area contributed by atoms with E-state index in [4.69, 9.17) is 4.52 Å². The van der Waals surface area contributed by atoms with E-state index in [1.54, 1.807) is 23.4 Å². The molecule has 132 valence electrons. The summed E-state index contributed by atoms with van der Waals surface area (Å²) in [6, 6.07) is 10.5. The fourth-order valence-electron chi connectivity index (χ4n) is 2.82. The van der Waals surface area contributed by atoms with Crippen molar-refractivity contribution < 1.29 is 4.52 Å². The summed E-state index contributed by atoms with van der Waals surface area (Å²) in [6.45, 7) is 2.73. The van der Waals surface area contributed by atoms with Crippen molar-refractivity contribution in [2.24, 2.45) is 7.05 Å². The second-order valence-corrected chi connectivity index (χ2v) is 6.25. The van der Waals surface area contributed by atoms with Gasteiger partial charge in [-0.15, -0.1) is 0 Å². The zero-order chi connectivity index (χ0) is 17.9. The summed E-state index contributed by atoms with van der Waals surface area (Å²) >= 11 is 0. The number of aromatic nitrogens is 5. The Morgan fingerprint density at radius 3 is 2.96 bits per heavy atom. The van der Waals surface area contributed by atoms with Crippen molar-refractivity contribution in [3.8, 4) is 16.9 Å². The van der Waals surface area contributed by atoms with Crippen LogP contribution >= 0.6 is 0 Å². The van der Waals surface area contributed by atoms with Gasteiger partial charge in [0.2, 0.25) is 0 Å². The summed E-state index contributed by atoms with van der Waals surface area (Å²) < 4.78 is 9.18. The third-order valence-electron chi connectivity index (χ3n) is 4.31. The van der Waals surface area contributed by atoms with Gasteiger partial charge < -0.3 is 14.4 Å². The molecule has 0 aliphatic rings. The van der Waals surface area contributed by atoms with E-state index in [2.05, 4.69) is 51.7 Å². The Hall–Kier alpha value is -3.19. The average molecular weight is 348 g/mol. The maximum Gasteiger partial charge on any atom is 0.151 e. The molecule has 7 heteroatoms. The quantitative estimate of drug-likeness (QED) is 0.579. The predicted molar refractivity (Wildman–Crippen MR) is 97.5 cm³/mol. The molecular weight excluding hydrogens is 328 g/mol. The van der Waals surface area contributed by atoms with Crippen molar-refractivity contribution in [2.75, 3.05) is 0 Å². The molecule has 0 saturated carbocycles. The molecule has 0 spiro atoms. The van der Waals surface area contributed by atoms with Gasteiger partial charge in [0.05, 0.1) is 19.1 Å². The first-order valence-corrected chi connectivity index (χ1v) is 8.45. The molecule has 1 aromatic carbocycles. The molecular formula is C19H20N6O. The summed E-state index contributed by atoms with van der Waals surface area (Å²) in [6.07, 6.45) is 9.20. The van der Waals surface area contributed by atoms with Crippen molar-refractivity contribution in [1.29, 1.82) is 0 Å². The summed E-state index contributed by atoms with van der Waals surface area (Å²) in [4.78, 5) is 4.10. The molecule has 4 rings (SSSR count). The number of aryl methyl sites for hydroxylation is 1. The van der Waals surface area contributed by atoms with Crippen LogP contribution in [0, 0.1) is 0 Å². The first-order chi connectivity index (χ1) is 12.7. The molecule has 0 saturated heterocycles. The Labute approximate surface area is 151 Å². The van der Waals surface area contributed by atoms with Crippen LogP contribution in [0.1, 0.15) is 24.3 Å². The van der Waals surface area contributed by atoms with Crippen LogP contribution in [-0.2, 0) is 13.6 Å². The van der Waals surface area contributed by atoms with Gasteiger partial charge in [-0.1, -0.05) is 17.3 Å². The van der Waals surface area contributed by atoms with Gasteiger partial charge in [0.15, 0.2) is 5.76 Å². The fourth-order valence-corrected chi connectivity index (χ4v) is 2.82.